The zero-order chi connectivity index (χ0) is 12.8. The van der Waals surface area contributed by atoms with E-state index in [1.165, 1.54) is 0 Å². The van der Waals surface area contributed by atoms with Gasteiger partial charge in [-0.2, -0.15) is 9.37 Å². The Bertz CT molecular complexity index is 459. The lowest BCUT2D eigenvalue weighted by atomic mass is 10.2. The first-order chi connectivity index (χ1) is 8.04. The summed E-state index contributed by atoms with van der Waals surface area (Å²) in [4.78, 5) is 25.1. The monoisotopic (exact) mass is 243 g/mol. The fourth-order valence-corrected chi connectivity index (χ4v) is 1.31. The molecular weight excluding hydrogens is 229 g/mol. The van der Waals surface area contributed by atoms with Crippen LogP contribution < -0.4 is 16.2 Å². The van der Waals surface area contributed by atoms with Crippen molar-refractivity contribution in [2.45, 2.75) is 32.7 Å². The molecule has 0 atom stereocenters. The molecule has 1 heterocycles. The van der Waals surface area contributed by atoms with Crippen LogP contribution in [0.2, 0.25) is 0 Å². The lowest BCUT2D eigenvalue weighted by Gasteiger charge is -2.06. The third-order valence-electron chi connectivity index (χ3n) is 2.12. The molecule has 0 radical (unpaired) electrons. The summed E-state index contributed by atoms with van der Waals surface area (Å²) in [7, 11) is 0. The second-order valence-corrected chi connectivity index (χ2v) is 3.50. The zero-order valence-corrected chi connectivity index (χ0v) is 9.48. The van der Waals surface area contributed by atoms with Gasteiger partial charge in [-0.1, -0.05) is 19.8 Å². The van der Waals surface area contributed by atoms with Gasteiger partial charge in [-0.25, -0.2) is 9.59 Å². The van der Waals surface area contributed by atoms with Crippen molar-refractivity contribution in [2.24, 2.45) is 5.73 Å². The minimum Gasteiger partial charge on any atom is -0.388 e. The van der Waals surface area contributed by atoms with Crippen LogP contribution in [0.5, 0.6) is 5.88 Å². The summed E-state index contributed by atoms with van der Waals surface area (Å²) < 4.78 is 18.7. The SMILES string of the molecule is CCCCCn1cc(F)c(OC(N)=O)nc1=O. The van der Waals surface area contributed by atoms with Crippen LogP contribution in [0.1, 0.15) is 26.2 Å². The molecule has 1 amide bonds. The van der Waals surface area contributed by atoms with Crippen molar-refractivity contribution < 1.29 is 13.9 Å². The van der Waals surface area contributed by atoms with E-state index in [-0.39, 0.29) is 0 Å². The van der Waals surface area contributed by atoms with E-state index in [4.69, 9.17) is 5.73 Å². The Morgan fingerprint density at radius 1 is 1.59 bits per heavy atom. The number of aryl methyl sites for hydroxylation is 1. The fourth-order valence-electron chi connectivity index (χ4n) is 1.31. The number of hydrogen-bond donors (Lipinski definition) is 1. The van der Waals surface area contributed by atoms with Crippen LogP contribution in [0, 0.1) is 5.82 Å². The predicted octanol–water partition coefficient (Wildman–Crippen LogP) is 1.03. The Kier molecular flexibility index (Phi) is 4.62. The summed E-state index contributed by atoms with van der Waals surface area (Å²) in [6.45, 7) is 2.40. The van der Waals surface area contributed by atoms with Crippen LogP contribution in [-0.4, -0.2) is 15.6 Å². The first kappa shape index (κ1) is 13.1. The second kappa shape index (κ2) is 5.97. The van der Waals surface area contributed by atoms with Crippen molar-refractivity contribution in [1.82, 2.24) is 9.55 Å². The number of amides is 1. The number of aromatic nitrogens is 2. The van der Waals surface area contributed by atoms with Gasteiger partial charge < -0.3 is 10.5 Å². The maximum absolute atomic E-state index is 13.3. The molecule has 0 aliphatic heterocycles. The summed E-state index contributed by atoms with van der Waals surface area (Å²) in [6, 6.07) is 0. The van der Waals surface area contributed by atoms with Crippen LogP contribution in [0.15, 0.2) is 11.0 Å². The molecule has 0 aromatic carbocycles. The van der Waals surface area contributed by atoms with Gasteiger partial charge in [-0.3, -0.25) is 4.57 Å². The smallest absolute Gasteiger partial charge is 0.388 e. The maximum Gasteiger partial charge on any atom is 0.411 e. The van der Waals surface area contributed by atoms with Gasteiger partial charge in [0.25, 0.3) is 5.88 Å². The molecule has 7 heteroatoms. The third kappa shape index (κ3) is 3.86. The minimum absolute atomic E-state index is 0.382. The topological polar surface area (TPSA) is 87.2 Å². The van der Waals surface area contributed by atoms with Gasteiger partial charge in [-0.05, 0) is 6.42 Å². The predicted molar refractivity (Wildman–Crippen MR) is 58.2 cm³/mol. The van der Waals surface area contributed by atoms with E-state index in [9.17, 15) is 14.0 Å². The first-order valence-corrected chi connectivity index (χ1v) is 5.29. The second-order valence-electron chi connectivity index (χ2n) is 3.50. The van der Waals surface area contributed by atoms with E-state index >= 15 is 0 Å². The molecule has 0 aliphatic carbocycles. The van der Waals surface area contributed by atoms with Gasteiger partial charge in [0.15, 0.2) is 0 Å². The standard InChI is InChI=1S/C10H14FN3O3/c1-2-3-4-5-14-6-7(11)8(13-10(14)16)17-9(12)15/h6H,2-5H2,1H3,(H2,12,15). The summed E-state index contributed by atoms with van der Waals surface area (Å²) in [5.41, 5.74) is 4.04. The molecule has 6 nitrogen and oxygen atoms in total. The van der Waals surface area contributed by atoms with Gasteiger partial charge in [0.05, 0.1) is 6.20 Å². The van der Waals surface area contributed by atoms with Crippen LogP contribution in [0.25, 0.3) is 0 Å². The van der Waals surface area contributed by atoms with Crippen molar-refractivity contribution in [1.29, 1.82) is 0 Å². The normalized spacial score (nSPS) is 10.2. The average molecular weight is 243 g/mol. The summed E-state index contributed by atoms with van der Waals surface area (Å²) in [5.74, 6) is -1.57. The van der Waals surface area contributed by atoms with Crippen molar-refractivity contribution in [3.05, 3.63) is 22.5 Å². The van der Waals surface area contributed by atoms with E-state index in [1.807, 2.05) is 6.92 Å². The van der Waals surface area contributed by atoms with Gasteiger partial charge in [0, 0.05) is 6.54 Å². The highest BCUT2D eigenvalue weighted by atomic mass is 19.1. The van der Waals surface area contributed by atoms with Crippen LogP contribution in [-0.2, 0) is 6.54 Å². The molecule has 0 unspecified atom stereocenters. The lowest BCUT2D eigenvalue weighted by Crippen LogP contribution is -2.26. The number of nitrogens with two attached hydrogens (primary N) is 1. The lowest BCUT2D eigenvalue weighted by molar-refractivity contribution is 0.206. The molecule has 0 aliphatic rings. The minimum atomic E-state index is -1.21. The van der Waals surface area contributed by atoms with Crippen LogP contribution in [0.4, 0.5) is 9.18 Å². The molecule has 17 heavy (non-hydrogen) atoms. The number of halogens is 1. The number of carbonyl (C=O) groups excluding carboxylic acids is 1. The molecule has 1 rings (SSSR count). The van der Waals surface area contributed by atoms with Crippen LogP contribution >= 0.6 is 0 Å². The number of rotatable bonds is 5. The van der Waals surface area contributed by atoms with E-state index in [2.05, 4.69) is 9.72 Å². The zero-order valence-electron chi connectivity index (χ0n) is 9.48. The number of primary amides is 1. The molecule has 0 fully saturated rings. The molecule has 0 saturated heterocycles. The Morgan fingerprint density at radius 3 is 2.88 bits per heavy atom. The Labute approximate surface area is 97.2 Å². The van der Waals surface area contributed by atoms with Gasteiger partial charge >= 0.3 is 11.8 Å². The largest absolute Gasteiger partial charge is 0.411 e. The highest BCUT2D eigenvalue weighted by molar-refractivity contribution is 5.67. The molecule has 0 spiro atoms. The van der Waals surface area contributed by atoms with Gasteiger partial charge in [-0.15, -0.1) is 0 Å². The fraction of sp³-hybridized carbons (Fsp3) is 0.500. The highest BCUT2D eigenvalue weighted by Gasteiger charge is 2.11. The number of unbranched alkanes of at least 4 members (excludes halogenated alkanes) is 2. The number of ether oxygens (including phenoxy) is 1. The molecule has 2 N–H and O–H groups in total. The first-order valence-electron chi connectivity index (χ1n) is 5.29. The molecule has 1 aromatic rings. The maximum atomic E-state index is 13.3. The van der Waals surface area contributed by atoms with Crippen LogP contribution in [0.3, 0.4) is 0 Å². The average Bonchev–Trinajstić information content (AvgIpc) is 2.24. The number of nitrogens with zero attached hydrogens (tertiary/aromatic N) is 2. The van der Waals surface area contributed by atoms with Crippen molar-refractivity contribution in [2.75, 3.05) is 0 Å². The summed E-state index contributed by atoms with van der Waals surface area (Å²) in [5, 5.41) is 0. The Hall–Kier alpha value is -1.92. The van der Waals surface area contributed by atoms with Crippen molar-refractivity contribution in [3.8, 4) is 5.88 Å². The van der Waals surface area contributed by atoms with Gasteiger partial charge in [0.2, 0.25) is 5.82 Å². The summed E-state index contributed by atoms with van der Waals surface area (Å²) in [6.07, 6.45) is 2.44. The van der Waals surface area contributed by atoms with E-state index < -0.39 is 23.5 Å². The van der Waals surface area contributed by atoms with Crippen molar-refractivity contribution in [3.63, 3.8) is 0 Å². The molecule has 94 valence electrons. The quantitative estimate of drug-likeness (QED) is 0.782. The summed E-state index contributed by atoms with van der Waals surface area (Å²) >= 11 is 0. The van der Waals surface area contributed by atoms with Gasteiger partial charge in [0.1, 0.15) is 0 Å². The molecule has 0 saturated carbocycles. The molecular formula is C10H14FN3O3. The Morgan fingerprint density at radius 2 is 2.29 bits per heavy atom. The van der Waals surface area contributed by atoms with E-state index in [1.54, 1.807) is 0 Å². The van der Waals surface area contributed by atoms with E-state index in [0.717, 1.165) is 30.0 Å². The highest BCUT2D eigenvalue weighted by Crippen LogP contribution is 2.10. The Balaban J connectivity index is 2.85. The number of carbonyl (C=O) groups is 1. The third-order valence-corrected chi connectivity index (χ3v) is 2.12. The van der Waals surface area contributed by atoms with Crippen molar-refractivity contribution >= 4 is 6.09 Å². The molecule has 1 aromatic heterocycles. The number of hydrogen-bond acceptors (Lipinski definition) is 4. The molecule has 0 bridgehead atoms. The van der Waals surface area contributed by atoms with E-state index in [0.29, 0.717) is 6.54 Å².